The van der Waals surface area contributed by atoms with Gasteiger partial charge in [-0.2, -0.15) is 4.68 Å². The maximum atomic E-state index is 12.1. The largest absolute Gasteiger partial charge is 0.492 e. The van der Waals surface area contributed by atoms with Gasteiger partial charge in [0.2, 0.25) is 5.16 Å². The van der Waals surface area contributed by atoms with E-state index in [1.807, 2.05) is 55.5 Å². The molecule has 1 heterocycles. The van der Waals surface area contributed by atoms with Gasteiger partial charge < -0.3 is 9.64 Å². The highest BCUT2D eigenvalue weighted by Gasteiger charge is 2.14. The van der Waals surface area contributed by atoms with Crippen LogP contribution in [0.25, 0.3) is 5.69 Å². The zero-order valence-corrected chi connectivity index (χ0v) is 16.3. The third kappa shape index (κ3) is 4.46. The Labute approximate surface area is 162 Å². The third-order valence-electron chi connectivity index (χ3n) is 3.78. The van der Waals surface area contributed by atoms with Gasteiger partial charge in [-0.1, -0.05) is 36.0 Å². The summed E-state index contributed by atoms with van der Waals surface area (Å²) in [6.07, 6.45) is 0. The van der Waals surface area contributed by atoms with Gasteiger partial charge in [0.1, 0.15) is 11.4 Å². The normalized spacial score (nSPS) is 10.6. The van der Waals surface area contributed by atoms with Crippen molar-refractivity contribution in [1.82, 2.24) is 25.1 Å². The first-order valence-corrected chi connectivity index (χ1v) is 9.52. The lowest BCUT2D eigenvalue weighted by Crippen LogP contribution is -2.21. The molecule has 1 amide bonds. The first-order chi connectivity index (χ1) is 13.1. The first kappa shape index (κ1) is 18.9. The van der Waals surface area contributed by atoms with Crippen LogP contribution in [0.3, 0.4) is 0 Å². The molecular weight excluding hydrogens is 362 g/mol. The predicted molar refractivity (Wildman–Crippen MR) is 104 cm³/mol. The average molecular weight is 383 g/mol. The van der Waals surface area contributed by atoms with Crippen LogP contribution in [-0.4, -0.2) is 51.7 Å². The molecule has 2 aromatic carbocycles. The van der Waals surface area contributed by atoms with Gasteiger partial charge in [-0.25, -0.2) is 0 Å². The smallest absolute Gasteiger partial charge is 0.253 e. The molecule has 0 unspecified atom stereocenters. The van der Waals surface area contributed by atoms with Crippen LogP contribution in [-0.2, 0) is 5.75 Å². The Hall–Kier alpha value is -2.87. The number of para-hydroxylation sites is 2. The maximum absolute atomic E-state index is 12.1. The highest BCUT2D eigenvalue weighted by atomic mass is 32.2. The second-order valence-corrected chi connectivity index (χ2v) is 6.91. The van der Waals surface area contributed by atoms with Crippen LogP contribution in [0.5, 0.6) is 5.75 Å². The lowest BCUT2D eigenvalue weighted by molar-refractivity contribution is 0.0827. The van der Waals surface area contributed by atoms with Crippen molar-refractivity contribution in [2.24, 2.45) is 0 Å². The molecule has 0 bridgehead atoms. The van der Waals surface area contributed by atoms with E-state index in [9.17, 15) is 4.79 Å². The molecule has 3 rings (SSSR count). The van der Waals surface area contributed by atoms with Crippen molar-refractivity contribution in [2.45, 2.75) is 17.8 Å². The maximum Gasteiger partial charge on any atom is 0.253 e. The summed E-state index contributed by atoms with van der Waals surface area (Å²) in [5.74, 6) is 1.36. The van der Waals surface area contributed by atoms with Crippen LogP contribution < -0.4 is 4.74 Å². The van der Waals surface area contributed by atoms with Crippen LogP contribution in [0.1, 0.15) is 22.8 Å². The van der Waals surface area contributed by atoms with Crippen LogP contribution >= 0.6 is 11.8 Å². The summed E-state index contributed by atoms with van der Waals surface area (Å²) in [7, 11) is 3.49. The number of carbonyl (C=O) groups is 1. The molecule has 140 valence electrons. The zero-order valence-electron chi connectivity index (χ0n) is 15.5. The van der Waals surface area contributed by atoms with Crippen molar-refractivity contribution in [3.63, 3.8) is 0 Å². The number of hydrogen-bond acceptors (Lipinski definition) is 6. The lowest BCUT2D eigenvalue weighted by atomic mass is 10.1. The summed E-state index contributed by atoms with van der Waals surface area (Å²) in [5, 5.41) is 12.7. The lowest BCUT2D eigenvalue weighted by Gasteiger charge is -2.12. The second kappa shape index (κ2) is 8.68. The highest BCUT2D eigenvalue weighted by molar-refractivity contribution is 7.98. The SMILES string of the molecule is CCOc1ccccc1-n1nnnc1SCc1cccc(C(=O)N(C)C)c1. The molecule has 8 heteroatoms. The summed E-state index contributed by atoms with van der Waals surface area (Å²) in [4.78, 5) is 13.7. The fourth-order valence-corrected chi connectivity index (χ4v) is 3.36. The highest BCUT2D eigenvalue weighted by Crippen LogP contribution is 2.27. The molecule has 0 saturated carbocycles. The number of thioether (sulfide) groups is 1. The summed E-state index contributed by atoms with van der Waals surface area (Å²) in [6.45, 7) is 2.50. The molecule has 0 spiro atoms. The minimum Gasteiger partial charge on any atom is -0.492 e. The van der Waals surface area contributed by atoms with Gasteiger partial charge in [0.15, 0.2) is 0 Å². The van der Waals surface area contributed by atoms with E-state index in [1.165, 1.54) is 11.8 Å². The van der Waals surface area contributed by atoms with Crippen molar-refractivity contribution < 1.29 is 9.53 Å². The van der Waals surface area contributed by atoms with E-state index in [0.717, 1.165) is 17.0 Å². The molecule has 0 aliphatic rings. The molecule has 7 nitrogen and oxygen atoms in total. The summed E-state index contributed by atoms with van der Waals surface area (Å²) in [5.41, 5.74) is 2.49. The van der Waals surface area contributed by atoms with Crippen molar-refractivity contribution in [1.29, 1.82) is 0 Å². The fourth-order valence-electron chi connectivity index (χ4n) is 2.53. The van der Waals surface area contributed by atoms with Gasteiger partial charge in [-0.15, -0.1) is 5.10 Å². The van der Waals surface area contributed by atoms with E-state index in [2.05, 4.69) is 15.5 Å². The molecule has 0 N–H and O–H groups in total. The fraction of sp³-hybridized carbons (Fsp3) is 0.263. The molecule has 3 aromatic rings. The number of rotatable bonds is 7. The summed E-state index contributed by atoms with van der Waals surface area (Å²) >= 11 is 1.50. The Bertz CT molecular complexity index is 926. The number of tetrazole rings is 1. The van der Waals surface area contributed by atoms with Crippen molar-refractivity contribution in [3.8, 4) is 11.4 Å². The number of hydrogen-bond donors (Lipinski definition) is 0. The number of nitrogens with zero attached hydrogens (tertiary/aromatic N) is 5. The molecule has 0 atom stereocenters. The number of benzene rings is 2. The minimum absolute atomic E-state index is 0.0164. The van der Waals surface area contributed by atoms with Crippen molar-refractivity contribution >= 4 is 17.7 Å². The Morgan fingerprint density at radius 1 is 1.19 bits per heavy atom. The van der Waals surface area contributed by atoms with Crippen molar-refractivity contribution in [3.05, 3.63) is 59.7 Å². The standard InChI is InChI=1S/C19H21N5O2S/c1-4-26-17-11-6-5-10-16(17)24-19(20-21-22-24)27-13-14-8-7-9-15(12-14)18(25)23(2)3/h5-12H,4,13H2,1-3H3. The second-order valence-electron chi connectivity index (χ2n) is 5.96. The van der Waals surface area contributed by atoms with E-state index in [-0.39, 0.29) is 5.91 Å². The molecular formula is C19H21N5O2S. The van der Waals surface area contributed by atoms with E-state index in [1.54, 1.807) is 23.7 Å². The Kier molecular flexibility index (Phi) is 6.08. The van der Waals surface area contributed by atoms with E-state index in [4.69, 9.17) is 4.74 Å². The first-order valence-electron chi connectivity index (χ1n) is 8.54. The Morgan fingerprint density at radius 2 is 2.00 bits per heavy atom. The third-order valence-corrected chi connectivity index (χ3v) is 4.77. The number of ether oxygens (including phenoxy) is 1. The molecule has 0 aliphatic carbocycles. The van der Waals surface area contributed by atoms with Gasteiger partial charge in [0.05, 0.1) is 6.61 Å². The molecule has 0 aliphatic heterocycles. The molecule has 0 saturated heterocycles. The Morgan fingerprint density at radius 3 is 2.78 bits per heavy atom. The molecule has 27 heavy (non-hydrogen) atoms. The number of aromatic nitrogens is 4. The Balaban J connectivity index is 1.79. The number of carbonyl (C=O) groups excluding carboxylic acids is 1. The topological polar surface area (TPSA) is 73.1 Å². The van der Waals surface area contributed by atoms with Crippen molar-refractivity contribution in [2.75, 3.05) is 20.7 Å². The summed E-state index contributed by atoms with van der Waals surface area (Å²) < 4.78 is 7.35. The van der Waals surface area contributed by atoms with Gasteiger partial charge in [0, 0.05) is 25.4 Å². The van der Waals surface area contributed by atoms with Crippen LogP contribution in [0.15, 0.2) is 53.7 Å². The van der Waals surface area contributed by atoms with Gasteiger partial charge >= 0.3 is 0 Å². The van der Waals surface area contributed by atoms with Crippen LogP contribution in [0.2, 0.25) is 0 Å². The predicted octanol–water partition coefficient (Wildman–Crippen LogP) is 3.06. The quantitative estimate of drug-likeness (QED) is 0.584. The summed E-state index contributed by atoms with van der Waals surface area (Å²) in [6, 6.07) is 15.2. The zero-order chi connectivity index (χ0) is 19.2. The molecule has 0 fully saturated rings. The van der Waals surface area contributed by atoms with Gasteiger partial charge in [0.25, 0.3) is 5.91 Å². The molecule has 0 radical (unpaired) electrons. The average Bonchev–Trinajstić information content (AvgIpc) is 3.15. The molecule has 1 aromatic heterocycles. The van der Waals surface area contributed by atoms with E-state index >= 15 is 0 Å². The number of amides is 1. The van der Waals surface area contributed by atoms with E-state index in [0.29, 0.717) is 23.1 Å². The van der Waals surface area contributed by atoms with Crippen LogP contribution in [0, 0.1) is 0 Å². The minimum atomic E-state index is -0.0164. The van der Waals surface area contributed by atoms with E-state index < -0.39 is 0 Å². The van der Waals surface area contributed by atoms with Gasteiger partial charge in [-0.3, -0.25) is 4.79 Å². The van der Waals surface area contributed by atoms with Crippen LogP contribution in [0.4, 0.5) is 0 Å². The monoisotopic (exact) mass is 383 g/mol. The van der Waals surface area contributed by atoms with Gasteiger partial charge in [-0.05, 0) is 47.2 Å².